The highest BCUT2D eigenvalue weighted by Crippen LogP contribution is 2.29. The summed E-state index contributed by atoms with van der Waals surface area (Å²) in [5.74, 6) is -0.383. The van der Waals surface area contributed by atoms with Crippen molar-refractivity contribution in [2.45, 2.75) is 6.92 Å². The van der Waals surface area contributed by atoms with Crippen molar-refractivity contribution < 1.29 is 13.8 Å². The molecule has 2 nitrogen and oxygen atoms in total. The lowest BCUT2D eigenvalue weighted by atomic mass is 10.0. The summed E-state index contributed by atoms with van der Waals surface area (Å²) in [5, 5.41) is 0.306. The Morgan fingerprint density at radius 2 is 1.82 bits per heavy atom. The van der Waals surface area contributed by atoms with Crippen molar-refractivity contribution >= 4 is 13.3 Å². The van der Waals surface area contributed by atoms with Gasteiger partial charge in [0.05, 0.1) is 0 Å². The van der Waals surface area contributed by atoms with E-state index in [0.29, 0.717) is 16.4 Å². The van der Waals surface area contributed by atoms with E-state index in [1.54, 1.807) is 43.3 Å². The molecule has 0 saturated carbocycles. The topological polar surface area (TPSA) is 37.3 Å². The lowest BCUT2D eigenvalue weighted by Gasteiger charge is -2.11. The number of halogens is 1. The fourth-order valence-corrected chi connectivity index (χ4v) is 2.65. The van der Waals surface area contributed by atoms with Crippen LogP contribution in [0.1, 0.15) is 5.56 Å². The zero-order valence-electron chi connectivity index (χ0n) is 9.27. The summed E-state index contributed by atoms with van der Waals surface area (Å²) in [7, 11) is -2.84. The van der Waals surface area contributed by atoms with E-state index in [1.165, 1.54) is 6.07 Å². The second-order valence-corrected chi connectivity index (χ2v) is 4.93. The van der Waals surface area contributed by atoms with E-state index >= 15 is 0 Å². The number of hydrogen-bond donors (Lipinski definition) is 1. The van der Waals surface area contributed by atoms with Crippen LogP contribution in [0.4, 0.5) is 4.39 Å². The molecule has 0 bridgehead atoms. The number of rotatable bonds is 2. The van der Waals surface area contributed by atoms with Gasteiger partial charge in [-0.3, -0.25) is 4.57 Å². The Labute approximate surface area is 99.6 Å². The minimum Gasteiger partial charge on any atom is -0.343 e. The third-order valence-corrected chi connectivity index (χ3v) is 3.52. The predicted octanol–water partition coefficient (Wildman–Crippen LogP) is 2.89. The first-order chi connectivity index (χ1) is 8.11. The molecular weight excluding hydrogens is 238 g/mol. The molecule has 1 atom stereocenters. The molecule has 0 aliphatic rings. The van der Waals surface area contributed by atoms with Gasteiger partial charge in [-0.15, -0.1) is 0 Å². The minimum atomic E-state index is -2.84. The molecule has 0 aromatic heterocycles. The van der Waals surface area contributed by atoms with Crippen molar-refractivity contribution in [3.63, 3.8) is 0 Å². The van der Waals surface area contributed by atoms with Crippen LogP contribution in [0.3, 0.4) is 0 Å². The quantitative estimate of drug-likeness (QED) is 0.832. The molecule has 1 unspecified atom stereocenters. The predicted molar refractivity (Wildman–Crippen MR) is 67.4 cm³/mol. The largest absolute Gasteiger partial charge is 0.343 e. The van der Waals surface area contributed by atoms with Gasteiger partial charge in [-0.2, -0.15) is 0 Å². The van der Waals surface area contributed by atoms with Crippen LogP contribution in [0.5, 0.6) is 0 Å². The third-order valence-electron chi connectivity index (χ3n) is 2.65. The highest BCUT2D eigenvalue weighted by molar-refractivity contribution is 7.47. The van der Waals surface area contributed by atoms with E-state index < -0.39 is 8.03 Å². The average Bonchev–Trinajstić information content (AvgIpc) is 2.30. The van der Waals surface area contributed by atoms with Gasteiger partial charge in [0.2, 0.25) is 8.03 Å². The van der Waals surface area contributed by atoms with E-state index in [-0.39, 0.29) is 5.82 Å². The molecule has 1 N–H and O–H groups in total. The molecule has 4 heteroatoms. The molecule has 0 saturated heterocycles. The van der Waals surface area contributed by atoms with Crippen molar-refractivity contribution in [3.8, 4) is 11.1 Å². The van der Waals surface area contributed by atoms with E-state index in [2.05, 4.69) is 0 Å². The third kappa shape index (κ3) is 2.31. The summed E-state index contributed by atoms with van der Waals surface area (Å²) in [4.78, 5) is 9.31. The molecule has 0 aliphatic carbocycles. The second kappa shape index (κ2) is 4.82. The first-order valence-electron chi connectivity index (χ1n) is 5.19. The van der Waals surface area contributed by atoms with Crippen molar-refractivity contribution in [1.29, 1.82) is 0 Å². The minimum absolute atomic E-state index is 0.306. The lowest BCUT2D eigenvalue weighted by Crippen LogP contribution is -2.04. The summed E-state index contributed by atoms with van der Waals surface area (Å²) in [6.07, 6.45) is 0. The Morgan fingerprint density at radius 3 is 2.47 bits per heavy atom. The molecule has 0 aliphatic heterocycles. The van der Waals surface area contributed by atoms with Crippen molar-refractivity contribution in [1.82, 2.24) is 0 Å². The maximum Gasteiger partial charge on any atom is 0.218 e. The van der Waals surface area contributed by atoms with Crippen LogP contribution in [-0.4, -0.2) is 4.89 Å². The molecular formula is C13H12FO2P. The van der Waals surface area contributed by atoms with Gasteiger partial charge >= 0.3 is 0 Å². The maximum atomic E-state index is 13.7. The van der Waals surface area contributed by atoms with E-state index in [1.807, 2.05) is 0 Å². The average molecular weight is 250 g/mol. The number of aryl methyl sites for hydroxylation is 1. The number of benzene rings is 2. The zero-order chi connectivity index (χ0) is 12.4. The van der Waals surface area contributed by atoms with Gasteiger partial charge in [0.15, 0.2) is 0 Å². The van der Waals surface area contributed by atoms with Crippen molar-refractivity contribution in [3.05, 3.63) is 53.8 Å². The summed E-state index contributed by atoms with van der Waals surface area (Å²) in [6, 6.07) is 11.3. The first kappa shape index (κ1) is 12.0. The second-order valence-electron chi connectivity index (χ2n) is 3.78. The lowest BCUT2D eigenvalue weighted by molar-refractivity contribution is 0.513. The Bertz CT molecular complexity index is 581. The monoisotopic (exact) mass is 250 g/mol. The Balaban J connectivity index is 2.75. The SMILES string of the molecule is Cc1cccc([PH](=O)O)c1-c1ccccc1F. The van der Waals surface area contributed by atoms with E-state index in [4.69, 9.17) is 0 Å². The first-order valence-corrected chi connectivity index (χ1v) is 6.54. The van der Waals surface area contributed by atoms with Crippen molar-refractivity contribution in [2.24, 2.45) is 0 Å². The molecule has 88 valence electrons. The van der Waals surface area contributed by atoms with Gasteiger partial charge in [0, 0.05) is 16.4 Å². The van der Waals surface area contributed by atoms with Crippen LogP contribution in [0.2, 0.25) is 0 Å². The van der Waals surface area contributed by atoms with Crippen molar-refractivity contribution in [2.75, 3.05) is 0 Å². The molecule has 0 radical (unpaired) electrons. The molecule has 2 aromatic rings. The van der Waals surface area contributed by atoms with E-state index in [9.17, 15) is 13.8 Å². The molecule has 2 aromatic carbocycles. The fraction of sp³-hybridized carbons (Fsp3) is 0.0769. The Kier molecular flexibility index (Phi) is 3.41. The van der Waals surface area contributed by atoms with Gasteiger partial charge < -0.3 is 4.89 Å². The van der Waals surface area contributed by atoms with Gasteiger partial charge in [-0.25, -0.2) is 4.39 Å². The zero-order valence-corrected chi connectivity index (χ0v) is 10.3. The summed E-state index contributed by atoms with van der Waals surface area (Å²) < 4.78 is 25.0. The van der Waals surface area contributed by atoms with Crippen LogP contribution in [0.25, 0.3) is 11.1 Å². The highest BCUT2D eigenvalue weighted by atomic mass is 31.1. The Hall–Kier alpha value is -1.44. The molecule has 0 heterocycles. The highest BCUT2D eigenvalue weighted by Gasteiger charge is 2.14. The van der Waals surface area contributed by atoms with Crippen LogP contribution >= 0.6 is 8.03 Å². The fourth-order valence-electron chi connectivity index (χ4n) is 1.87. The number of hydrogen-bond acceptors (Lipinski definition) is 1. The van der Waals surface area contributed by atoms with Crippen LogP contribution < -0.4 is 5.30 Å². The van der Waals surface area contributed by atoms with Crippen LogP contribution in [0, 0.1) is 12.7 Å². The van der Waals surface area contributed by atoms with Crippen LogP contribution in [-0.2, 0) is 4.57 Å². The molecule has 2 rings (SSSR count). The molecule has 0 amide bonds. The maximum absolute atomic E-state index is 13.7. The van der Waals surface area contributed by atoms with E-state index in [0.717, 1.165) is 5.56 Å². The normalized spacial score (nSPS) is 12.4. The van der Waals surface area contributed by atoms with Gasteiger partial charge in [-0.1, -0.05) is 30.3 Å². The van der Waals surface area contributed by atoms with Crippen LogP contribution in [0.15, 0.2) is 42.5 Å². The van der Waals surface area contributed by atoms with Gasteiger partial charge in [0.25, 0.3) is 0 Å². The summed E-state index contributed by atoms with van der Waals surface area (Å²) >= 11 is 0. The smallest absolute Gasteiger partial charge is 0.218 e. The Morgan fingerprint density at radius 1 is 1.12 bits per heavy atom. The summed E-state index contributed by atoms with van der Waals surface area (Å²) in [6.45, 7) is 1.80. The standard InChI is InChI=1S/C13H12FO2P/c1-9-5-4-8-12(17(15)16)13(9)10-6-2-3-7-11(10)14/h2-8,17H,1H3,(H,15,16). The summed E-state index contributed by atoms with van der Waals surface area (Å²) in [5.41, 5.74) is 1.69. The van der Waals surface area contributed by atoms with Gasteiger partial charge in [-0.05, 0) is 24.6 Å². The molecule has 0 spiro atoms. The molecule has 17 heavy (non-hydrogen) atoms. The van der Waals surface area contributed by atoms with Gasteiger partial charge in [0.1, 0.15) is 5.82 Å². The molecule has 0 fully saturated rings.